The molecule has 0 atom stereocenters. The van der Waals surface area contributed by atoms with Crippen molar-refractivity contribution in [1.82, 2.24) is 0 Å². The summed E-state index contributed by atoms with van der Waals surface area (Å²) < 4.78 is 36.4. The number of benzene rings is 2. The van der Waals surface area contributed by atoms with E-state index in [4.69, 9.17) is 4.74 Å². The first-order valence-electron chi connectivity index (χ1n) is 24.4. The molecule has 4 fully saturated rings. The fraction of sp³-hybridized carbons (Fsp3) is 0.704. The summed E-state index contributed by atoms with van der Waals surface area (Å²) in [6.45, 7) is 5.43. The van der Waals surface area contributed by atoms with E-state index in [2.05, 4.69) is 50.3 Å². The maximum atomic E-state index is 15.2. The van der Waals surface area contributed by atoms with Crippen molar-refractivity contribution in [2.45, 2.75) is 193 Å². The molecule has 2 aromatic carbocycles. The normalized spacial score (nSPS) is 28.7. The summed E-state index contributed by atoms with van der Waals surface area (Å²) in [5.74, 6) is 6.03. The average molecular weight is 783 g/mol. The molecule has 0 heterocycles. The summed E-state index contributed by atoms with van der Waals surface area (Å²) in [6, 6.07) is 11.9. The lowest BCUT2D eigenvalue weighted by atomic mass is 9.74. The van der Waals surface area contributed by atoms with Gasteiger partial charge in [-0.05, 0) is 210 Å². The molecule has 316 valence electrons. The number of halogens is 2. The molecule has 0 saturated heterocycles. The van der Waals surface area contributed by atoms with E-state index in [-0.39, 0.29) is 11.6 Å². The molecule has 0 N–H and O–H groups in total. The Hall–Kier alpha value is -2.26. The van der Waals surface area contributed by atoms with E-state index in [1.54, 1.807) is 12.1 Å². The third-order valence-electron chi connectivity index (χ3n) is 15.3. The second kappa shape index (κ2) is 24.1. The van der Waals surface area contributed by atoms with Crippen molar-refractivity contribution in [2.24, 2.45) is 35.5 Å². The van der Waals surface area contributed by atoms with Crippen molar-refractivity contribution in [3.8, 4) is 0 Å². The van der Waals surface area contributed by atoms with E-state index in [9.17, 15) is 0 Å². The molecule has 0 unspecified atom stereocenters. The van der Waals surface area contributed by atoms with Gasteiger partial charge in [-0.25, -0.2) is 8.78 Å². The van der Waals surface area contributed by atoms with Crippen LogP contribution in [0, 0.1) is 47.1 Å². The minimum absolute atomic E-state index is 0.0951. The molecular weight excluding hydrogens is 703 g/mol. The van der Waals surface area contributed by atoms with Gasteiger partial charge in [0.25, 0.3) is 0 Å². The first-order chi connectivity index (χ1) is 28.0. The average Bonchev–Trinajstić information content (AvgIpc) is 3.24. The Labute approximate surface area is 348 Å². The van der Waals surface area contributed by atoms with Crippen molar-refractivity contribution in [3.05, 3.63) is 94.6 Å². The zero-order chi connectivity index (χ0) is 39.7. The highest BCUT2D eigenvalue weighted by molar-refractivity contribution is 5.29. The molecule has 4 aliphatic rings. The molecule has 4 aliphatic carbocycles. The van der Waals surface area contributed by atoms with Crippen LogP contribution >= 0.6 is 0 Å². The van der Waals surface area contributed by atoms with Gasteiger partial charge in [0, 0.05) is 0 Å². The van der Waals surface area contributed by atoms with Gasteiger partial charge in [0.15, 0.2) is 0 Å². The van der Waals surface area contributed by atoms with Crippen molar-refractivity contribution >= 4 is 0 Å². The summed E-state index contributed by atoms with van der Waals surface area (Å²) in [7, 11) is 0. The Balaban J connectivity index is 0.817. The molecule has 0 spiro atoms. The molecule has 0 bridgehead atoms. The maximum Gasteiger partial charge on any atom is 0.126 e. The van der Waals surface area contributed by atoms with Crippen molar-refractivity contribution in [2.75, 3.05) is 13.2 Å². The zero-order valence-electron chi connectivity index (χ0n) is 36.4. The molecule has 4 saturated carbocycles. The smallest absolute Gasteiger partial charge is 0.126 e. The van der Waals surface area contributed by atoms with Crippen molar-refractivity contribution in [1.29, 1.82) is 0 Å². The minimum atomic E-state index is -0.0951. The highest BCUT2D eigenvalue weighted by Gasteiger charge is 2.27. The predicted octanol–water partition coefficient (Wildman–Crippen LogP) is 16.2. The van der Waals surface area contributed by atoms with Gasteiger partial charge in [0.1, 0.15) is 11.6 Å². The van der Waals surface area contributed by atoms with Crippen LogP contribution in [0.15, 0.2) is 60.7 Å². The van der Waals surface area contributed by atoms with Crippen LogP contribution in [0.1, 0.15) is 202 Å². The van der Waals surface area contributed by atoms with Crippen LogP contribution in [-0.2, 0) is 17.6 Å². The number of hydrogen-bond donors (Lipinski definition) is 0. The number of hydrogen-bond acceptors (Lipinski definition) is 1. The molecule has 1 nitrogen and oxygen atoms in total. The summed E-state index contributed by atoms with van der Waals surface area (Å²) >= 11 is 0. The van der Waals surface area contributed by atoms with Crippen LogP contribution < -0.4 is 0 Å². The van der Waals surface area contributed by atoms with Gasteiger partial charge >= 0.3 is 0 Å². The number of unbranched alkanes of at least 4 members (excludes halogenated alkanes) is 2. The first kappa shape index (κ1) is 44.3. The molecule has 0 radical (unpaired) electrons. The quantitative estimate of drug-likeness (QED) is 0.0960. The highest BCUT2D eigenvalue weighted by Crippen LogP contribution is 2.42. The Kier molecular flexibility index (Phi) is 18.7. The molecule has 57 heavy (non-hydrogen) atoms. The number of rotatable bonds is 20. The summed E-state index contributed by atoms with van der Waals surface area (Å²) in [6.07, 6.45) is 42.6. The second-order valence-corrected chi connectivity index (χ2v) is 19.4. The lowest BCUT2D eigenvalue weighted by Crippen LogP contribution is -2.17. The van der Waals surface area contributed by atoms with Gasteiger partial charge in [0.05, 0.1) is 13.2 Å². The molecule has 6 rings (SSSR count). The summed E-state index contributed by atoms with van der Waals surface area (Å²) in [5.41, 5.74) is 3.81. The molecule has 0 aromatic heterocycles. The standard InChI is InChI=1S/C54H80F2O/c1-3-5-7-9-41-11-15-43(16-12-41)19-21-45-23-27-47(28-24-45)51-33-31-49(53(55)39-51)35-37-57-38-36-50-32-34-52(40-54(50)56)48-29-25-46(26-30-48)22-20-44-17-13-42(14-18-44)10-8-6-4-2/h7-10,31-34,39-48H,3-6,11-30,35-38H2,1-2H3/b9-7+,10-8+. The summed E-state index contributed by atoms with van der Waals surface area (Å²) in [4.78, 5) is 0. The van der Waals surface area contributed by atoms with Crippen molar-refractivity contribution in [3.63, 3.8) is 0 Å². The van der Waals surface area contributed by atoms with Crippen LogP contribution in [-0.4, -0.2) is 13.2 Å². The van der Waals surface area contributed by atoms with Gasteiger partial charge in [-0.3, -0.25) is 0 Å². The molecule has 0 amide bonds. The van der Waals surface area contributed by atoms with Crippen molar-refractivity contribution < 1.29 is 13.5 Å². The van der Waals surface area contributed by atoms with Crippen LogP contribution in [0.25, 0.3) is 0 Å². The third kappa shape index (κ3) is 14.5. The fourth-order valence-electron chi connectivity index (χ4n) is 11.3. The summed E-state index contributed by atoms with van der Waals surface area (Å²) in [5, 5.41) is 0. The number of allylic oxidation sites excluding steroid dienone is 4. The van der Waals surface area contributed by atoms with Gasteiger partial charge in [0.2, 0.25) is 0 Å². The maximum absolute atomic E-state index is 15.2. The van der Waals surface area contributed by atoms with E-state index < -0.39 is 0 Å². The Bertz CT molecular complexity index is 1370. The van der Waals surface area contributed by atoms with Gasteiger partial charge in [-0.2, -0.15) is 0 Å². The largest absolute Gasteiger partial charge is 0.381 e. The lowest BCUT2D eigenvalue weighted by Gasteiger charge is -2.31. The van der Waals surface area contributed by atoms with E-state index in [1.165, 1.54) is 165 Å². The van der Waals surface area contributed by atoms with E-state index in [1.807, 2.05) is 12.1 Å². The third-order valence-corrected chi connectivity index (χ3v) is 15.3. The molecule has 2 aromatic rings. The fourth-order valence-corrected chi connectivity index (χ4v) is 11.3. The topological polar surface area (TPSA) is 9.23 Å². The first-order valence-corrected chi connectivity index (χ1v) is 24.4. The zero-order valence-corrected chi connectivity index (χ0v) is 36.4. The minimum Gasteiger partial charge on any atom is -0.381 e. The Morgan fingerprint density at radius 2 is 0.842 bits per heavy atom. The SMILES string of the molecule is CCC/C=C/C1CCC(CCC2CCC(c3ccc(CCOCCc4ccc(C5CCC(CCC6CCC(/C=C/CCC)CC6)CC5)cc4F)c(F)c3)CC2)CC1. The van der Waals surface area contributed by atoms with Gasteiger partial charge < -0.3 is 4.74 Å². The molecule has 3 heteroatoms. The highest BCUT2D eigenvalue weighted by atomic mass is 19.1. The molecule has 0 aliphatic heterocycles. The van der Waals surface area contributed by atoms with Crippen LogP contribution in [0.4, 0.5) is 8.78 Å². The lowest BCUT2D eigenvalue weighted by molar-refractivity contribution is 0.139. The monoisotopic (exact) mass is 783 g/mol. The molecular formula is C54H80F2O. The Morgan fingerprint density at radius 3 is 1.18 bits per heavy atom. The van der Waals surface area contributed by atoms with Gasteiger partial charge in [-0.1, -0.05) is 101 Å². The predicted molar refractivity (Wildman–Crippen MR) is 238 cm³/mol. The van der Waals surface area contributed by atoms with Crippen LogP contribution in [0.5, 0.6) is 0 Å². The van der Waals surface area contributed by atoms with Crippen LogP contribution in [0.3, 0.4) is 0 Å². The van der Waals surface area contributed by atoms with E-state index >= 15 is 8.78 Å². The van der Waals surface area contributed by atoms with Gasteiger partial charge in [-0.15, -0.1) is 0 Å². The van der Waals surface area contributed by atoms with E-state index in [0.717, 1.165) is 46.6 Å². The second-order valence-electron chi connectivity index (χ2n) is 19.4. The van der Waals surface area contributed by atoms with Crippen LogP contribution in [0.2, 0.25) is 0 Å². The van der Waals surface area contributed by atoms with E-state index in [0.29, 0.717) is 37.9 Å². The Morgan fingerprint density at radius 1 is 0.491 bits per heavy atom. The number of ether oxygens (including phenoxy) is 1.